The number of rotatable bonds is 6. The van der Waals surface area contributed by atoms with Crippen molar-refractivity contribution in [1.82, 2.24) is 20.4 Å². The fraction of sp³-hybridized carbons (Fsp3) is 0.750. The molecule has 6 nitrogen and oxygen atoms in total. The van der Waals surface area contributed by atoms with Gasteiger partial charge in [-0.05, 0) is 25.7 Å². The highest BCUT2D eigenvalue weighted by Gasteiger charge is 2.31. The number of guanidine groups is 1. The third kappa shape index (κ3) is 5.33. The molecule has 6 heteroatoms. The SMILES string of the molecule is C=CCNC(=NCC(=O)N(C)C)NC1CCN(C2CC2)CC1. The molecule has 0 atom stereocenters. The lowest BCUT2D eigenvalue weighted by atomic mass is 10.1. The molecule has 1 saturated carbocycles. The smallest absolute Gasteiger partial charge is 0.243 e. The van der Waals surface area contributed by atoms with Crippen molar-refractivity contribution in [2.24, 2.45) is 4.99 Å². The molecule has 1 aliphatic heterocycles. The molecule has 1 aliphatic carbocycles. The Morgan fingerprint density at radius 1 is 1.32 bits per heavy atom. The first kappa shape index (κ1) is 16.8. The lowest BCUT2D eigenvalue weighted by Gasteiger charge is -2.33. The molecule has 1 heterocycles. The molecule has 0 bridgehead atoms. The highest BCUT2D eigenvalue weighted by molar-refractivity contribution is 5.85. The molecule has 2 rings (SSSR count). The third-order valence-electron chi connectivity index (χ3n) is 4.22. The molecule has 0 unspecified atom stereocenters. The summed E-state index contributed by atoms with van der Waals surface area (Å²) < 4.78 is 0. The van der Waals surface area contributed by atoms with E-state index in [2.05, 4.69) is 27.1 Å². The highest BCUT2D eigenvalue weighted by atomic mass is 16.2. The normalized spacial score (nSPS) is 20.5. The third-order valence-corrected chi connectivity index (χ3v) is 4.22. The molecule has 0 aromatic rings. The molecule has 1 amide bonds. The number of likely N-dealkylation sites (N-methyl/N-ethyl adjacent to an activating group) is 1. The number of likely N-dealkylation sites (tertiary alicyclic amines) is 1. The average molecular weight is 307 g/mol. The molecule has 0 aromatic heterocycles. The van der Waals surface area contributed by atoms with Gasteiger partial charge in [-0.15, -0.1) is 6.58 Å². The van der Waals surface area contributed by atoms with Crippen LogP contribution in [0.2, 0.25) is 0 Å². The number of hydrogen-bond donors (Lipinski definition) is 2. The van der Waals surface area contributed by atoms with Gasteiger partial charge in [-0.2, -0.15) is 0 Å². The van der Waals surface area contributed by atoms with E-state index in [-0.39, 0.29) is 12.5 Å². The van der Waals surface area contributed by atoms with E-state index in [1.54, 1.807) is 25.1 Å². The minimum atomic E-state index is 0.00301. The molecule has 2 aliphatic rings. The number of nitrogens with one attached hydrogen (secondary N) is 2. The lowest BCUT2D eigenvalue weighted by molar-refractivity contribution is -0.127. The van der Waals surface area contributed by atoms with Gasteiger partial charge in [0.25, 0.3) is 0 Å². The van der Waals surface area contributed by atoms with Crippen molar-refractivity contribution in [2.45, 2.75) is 37.8 Å². The Morgan fingerprint density at radius 2 is 2.00 bits per heavy atom. The number of aliphatic imine (C=N–C) groups is 1. The zero-order valence-corrected chi connectivity index (χ0v) is 13.8. The fourth-order valence-corrected chi connectivity index (χ4v) is 2.65. The van der Waals surface area contributed by atoms with Gasteiger partial charge in [-0.1, -0.05) is 6.08 Å². The van der Waals surface area contributed by atoms with Crippen LogP contribution in [0.3, 0.4) is 0 Å². The minimum absolute atomic E-state index is 0.00301. The van der Waals surface area contributed by atoms with Crippen molar-refractivity contribution in [1.29, 1.82) is 0 Å². The van der Waals surface area contributed by atoms with Crippen LogP contribution in [-0.2, 0) is 4.79 Å². The largest absolute Gasteiger partial charge is 0.354 e. The van der Waals surface area contributed by atoms with Crippen molar-refractivity contribution in [2.75, 3.05) is 40.3 Å². The van der Waals surface area contributed by atoms with Crippen LogP contribution >= 0.6 is 0 Å². The van der Waals surface area contributed by atoms with E-state index in [9.17, 15) is 4.79 Å². The Balaban J connectivity index is 1.81. The van der Waals surface area contributed by atoms with Gasteiger partial charge in [0.1, 0.15) is 6.54 Å². The predicted molar refractivity (Wildman–Crippen MR) is 89.9 cm³/mol. The molecule has 1 saturated heterocycles. The van der Waals surface area contributed by atoms with Crippen molar-refractivity contribution in [3.05, 3.63) is 12.7 Å². The number of nitrogens with zero attached hydrogens (tertiary/aromatic N) is 3. The first-order chi connectivity index (χ1) is 10.6. The molecule has 124 valence electrons. The van der Waals surface area contributed by atoms with Crippen LogP contribution in [0.1, 0.15) is 25.7 Å². The summed E-state index contributed by atoms with van der Waals surface area (Å²) in [5.41, 5.74) is 0. The topological polar surface area (TPSA) is 60.0 Å². The quantitative estimate of drug-likeness (QED) is 0.424. The Morgan fingerprint density at radius 3 is 2.55 bits per heavy atom. The van der Waals surface area contributed by atoms with Gasteiger partial charge in [0.15, 0.2) is 5.96 Å². The Labute approximate surface area is 133 Å². The number of amides is 1. The Kier molecular flexibility index (Phi) is 6.24. The summed E-state index contributed by atoms with van der Waals surface area (Å²) >= 11 is 0. The molecular weight excluding hydrogens is 278 g/mol. The summed E-state index contributed by atoms with van der Waals surface area (Å²) in [6.45, 7) is 6.84. The van der Waals surface area contributed by atoms with Crippen molar-refractivity contribution in [3.63, 3.8) is 0 Å². The maximum atomic E-state index is 11.7. The number of carbonyl (C=O) groups is 1. The highest BCUT2D eigenvalue weighted by Crippen LogP contribution is 2.29. The molecule has 0 aromatic carbocycles. The van der Waals surface area contributed by atoms with E-state index in [0.29, 0.717) is 18.5 Å². The first-order valence-corrected chi connectivity index (χ1v) is 8.20. The Hall–Kier alpha value is -1.56. The average Bonchev–Trinajstić information content (AvgIpc) is 3.35. The van der Waals surface area contributed by atoms with Gasteiger partial charge in [0.05, 0.1) is 0 Å². The standard InChI is InChI=1S/C16H29N5O/c1-4-9-17-16(18-12-15(22)20(2)3)19-13-7-10-21(11-8-13)14-5-6-14/h4,13-14H,1,5-12H2,2-3H3,(H2,17,18,19). The summed E-state index contributed by atoms with van der Waals surface area (Å²) in [5.74, 6) is 0.711. The van der Waals surface area contributed by atoms with E-state index in [4.69, 9.17) is 0 Å². The molecule has 0 radical (unpaired) electrons. The zero-order valence-electron chi connectivity index (χ0n) is 13.8. The van der Waals surface area contributed by atoms with E-state index in [1.165, 1.54) is 12.8 Å². The maximum absolute atomic E-state index is 11.7. The second-order valence-corrected chi connectivity index (χ2v) is 6.31. The zero-order chi connectivity index (χ0) is 15.9. The van der Waals surface area contributed by atoms with Gasteiger partial charge in [-0.3, -0.25) is 4.79 Å². The molecule has 0 spiro atoms. The van der Waals surface area contributed by atoms with Crippen molar-refractivity contribution < 1.29 is 4.79 Å². The van der Waals surface area contributed by atoms with Gasteiger partial charge in [-0.25, -0.2) is 4.99 Å². The maximum Gasteiger partial charge on any atom is 0.243 e. The summed E-state index contributed by atoms with van der Waals surface area (Å²) in [6, 6.07) is 1.28. The lowest BCUT2D eigenvalue weighted by Crippen LogP contribution is -2.49. The second-order valence-electron chi connectivity index (χ2n) is 6.31. The number of hydrogen-bond acceptors (Lipinski definition) is 3. The van der Waals surface area contributed by atoms with Gasteiger partial charge < -0.3 is 20.4 Å². The van der Waals surface area contributed by atoms with Crippen LogP contribution in [0.4, 0.5) is 0 Å². The first-order valence-electron chi connectivity index (χ1n) is 8.20. The van der Waals surface area contributed by atoms with Crippen LogP contribution < -0.4 is 10.6 Å². The molecule has 22 heavy (non-hydrogen) atoms. The van der Waals surface area contributed by atoms with E-state index in [0.717, 1.165) is 32.0 Å². The van der Waals surface area contributed by atoms with Crippen LogP contribution in [0.15, 0.2) is 17.6 Å². The molecular formula is C16H29N5O. The summed E-state index contributed by atoms with van der Waals surface area (Å²) in [6.07, 6.45) is 6.80. The van der Waals surface area contributed by atoms with Crippen LogP contribution in [0.5, 0.6) is 0 Å². The van der Waals surface area contributed by atoms with Gasteiger partial charge in [0, 0.05) is 45.8 Å². The minimum Gasteiger partial charge on any atom is -0.354 e. The summed E-state index contributed by atoms with van der Waals surface area (Å²) in [7, 11) is 3.49. The Bertz CT molecular complexity index is 409. The monoisotopic (exact) mass is 307 g/mol. The van der Waals surface area contributed by atoms with Crippen molar-refractivity contribution in [3.8, 4) is 0 Å². The van der Waals surface area contributed by atoms with Crippen LogP contribution in [-0.4, -0.2) is 74.0 Å². The van der Waals surface area contributed by atoms with E-state index < -0.39 is 0 Å². The summed E-state index contributed by atoms with van der Waals surface area (Å²) in [4.78, 5) is 20.2. The second kappa shape index (κ2) is 8.17. The van der Waals surface area contributed by atoms with Gasteiger partial charge >= 0.3 is 0 Å². The van der Waals surface area contributed by atoms with Gasteiger partial charge in [0.2, 0.25) is 5.91 Å². The molecule has 2 fully saturated rings. The predicted octanol–water partition coefficient (Wildman–Crippen LogP) is 0.423. The van der Waals surface area contributed by atoms with Crippen LogP contribution in [0.25, 0.3) is 0 Å². The van der Waals surface area contributed by atoms with E-state index in [1.807, 2.05) is 0 Å². The fourth-order valence-electron chi connectivity index (χ4n) is 2.65. The van der Waals surface area contributed by atoms with E-state index >= 15 is 0 Å². The summed E-state index contributed by atoms with van der Waals surface area (Å²) in [5, 5.41) is 6.65. The number of piperidine rings is 1. The molecule has 2 N–H and O–H groups in total. The van der Waals surface area contributed by atoms with Crippen LogP contribution in [0, 0.1) is 0 Å². The number of carbonyl (C=O) groups excluding carboxylic acids is 1. The van der Waals surface area contributed by atoms with Crippen molar-refractivity contribution >= 4 is 11.9 Å².